The van der Waals surface area contributed by atoms with Gasteiger partial charge >= 0.3 is 0 Å². The smallest absolute Gasteiger partial charge is 0.126 e. The van der Waals surface area contributed by atoms with E-state index in [0.29, 0.717) is 11.1 Å². The predicted octanol–water partition coefficient (Wildman–Crippen LogP) is 3.02. The van der Waals surface area contributed by atoms with Crippen LogP contribution in [0.2, 0.25) is 5.02 Å². The average Bonchev–Trinajstić information content (AvgIpc) is 3.00. The molecule has 0 spiro atoms. The Labute approximate surface area is 96.9 Å². The molecule has 1 saturated carbocycles. The second kappa shape index (κ2) is 3.54. The van der Waals surface area contributed by atoms with E-state index in [9.17, 15) is 4.39 Å². The lowest BCUT2D eigenvalue weighted by atomic mass is 10.2. The molecule has 15 heavy (non-hydrogen) atoms. The second-order valence-electron chi connectivity index (χ2n) is 3.84. The van der Waals surface area contributed by atoms with Gasteiger partial charge in [0.2, 0.25) is 0 Å². The van der Waals surface area contributed by atoms with Crippen LogP contribution in [-0.2, 0) is 0 Å². The SMILES string of the molecule is Fc1cc(Cl)c2c(c1)N(C1CC1)CNS2. The van der Waals surface area contributed by atoms with Crippen LogP contribution < -0.4 is 9.62 Å². The minimum Gasteiger partial charge on any atom is -0.354 e. The average molecular weight is 245 g/mol. The molecule has 3 rings (SSSR count). The van der Waals surface area contributed by atoms with Gasteiger partial charge in [-0.05, 0) is 36.9 Å². The van der Waals surface area contributed by atoms with Crippen LogP contribution in [0.5, 0.6) is 0 Å². The minimum absolute atomic E-state index is 0.257. The van der Waals surface area contributed by atoms with E-state index in [1.165, 1.54) is 30.9 Å². The third kappa shape index (κ3) is 1.71. The van der Waals surface area contributed by atoms with E-state index >= 15 is 0 Å². The third-order valence-electron chi connectivity index (χ3n) is 2.69. The minimum atomic E-state index is -0.257. The molecular weight excluding hydrogens is 235 g/mol. The van der Waals surface area contributed by atoms with Crippen LogP contribution in [0, 0.1) is 5.82 Å². The van der Waals surface area contributed by atoms with Crippen molar-refractivity contribution in [1.29, 1.82) is 0 Å². The lowest BCUT2D eigenvalue weighted by Crippen LogP contribution is -2.36. The van der Waals surface area contributed by atoms with Crippen molar-refractivity contribution in [3.63, 3.8) is 0 Å². The van der Waals surface area contributed by atoms with Crippen LogP contribution in [-0.4, -0.2) is 12.7 Å². The van der Waals surface area contributed by atoms with Crippen molar-refractivity contribution < 1.29 is 4.39 Å². The molecule has 1 heterocycles. The third-order valence-corrected chi connectivity index (χ3v) is 4.01. The summed E-state index contributed by atoms with van der Waals surface area (Å²) in [5, 5.41) is 0.493. The molecule has 1 aromatic carbocycles. The van der Waals surface area contributed by atoms with Crippen molar-refractivity contribution in [1.82, 2.24) is 4.72 Å². The standard InChI is InChI=1S/C10H10ClFN2S/c11-8-3-6(12)4-9-10(8)15-13-5-14(9)7-1-2-7/h3-4,7,13H,1-2,5H2. The topological polar surface area (TPSA) is 15.3 Å². The first kappa shape index (κ1) is 9.75. The Kier molecular flexibility index (Phi) is 2.30. The molecular formula is C10H10ClFN2S. The van der Waals surface area contributed by atoms with Crippen LogP contribution in [0.25, 0.3) is 0 Å². The summed E-state index contributed by atoms with van der Waals surface area (Å²) in [6.45, 7) is 0.766. The summed E-state index contributed by atoms with van der Waals surface area (Å²) in [5.41, 5.74) is 0.936. The maximum absolute atomic E-state index is 13.3. The molecule has 0 saturated heterocycles. The summed E-state index contributed by atoms with van der Waals surface area (Å²) in [6, 6.07) is 3.51. The number of nitrogens with zero attached hydrogens (tertiary/aromatic N) is 1. The quantitative estimate of drug-likeness (QED) is 0.765. The van der Waals surface area contributed by atoms with Crippen LogP contribution >= 0.6 is 23.5 Å². The molecule has 1 aliphatic carbocycles. The summed E-state index contributed by atoms with van der Waals surface area (Å²) in [6.07, 6.45) is 2.39. The van der Waals surface area contributed by atoms with E-state index in [-0.39, 0.29) is 5.82 Å². The molecule has 2 nitrogen and oxygen atoms in total. The van der Waals surface area contributed by atoms with Crippen LogP contribution in [0.1, 0.15) is 12.8 Å². The zero-order valence-corrected chi connectivity index (χ0v) is 9.54. The van der Waals surface area contributed by atoms with Crippen molar-refractivity contribution in [2.45, 2.75) is 23.8 Å². The number of benzene rings is 1. The zero-order chi connectivity index (χ0) is 10.4. The number of fused-ring (bicyclic) bond motifs is 1. The molecule has 0 radical (unpaired) electrons. The van der Waals surface area contributed by atoms with E-state index in [0.717, 1.165) is 17.3 Å². The van der Waals surface area contributed by atoms with Gasteiger partial charge in [-0.2, -0.15) is 0 Å². The first-order valence-electron chi connectivity index (χ1n) is 4.91. The van der Waals surface area contributed by atoms with Gasteiger partial charge in [0, 0.05) is 6.04 Å². The Morgan fingerprint density at radius 2 is 2.27 bits per heavy atom. The summed E-state index contributed by atoms with van der Waals surface area (Å²) in [7, 11) is 0. The van der Waals surface area contributed by atoms with Gasteiger partial charge in [-0.1, -0.05) is 11.6 Å². The lowest BCUT2D eigenvalue weighted by molar-refractivity contribution is 0.623. The van der Waals surface area contributed by atoms with Gasteiger partial charge in [0.05, 0.1) is 22.3 Å². The number of hydrogen-bond acceptors (Lipinski definition) is 3. The highest BCUT2D eigenvalue weighted by Gasteiger charge is 2.33. The molecule has 0 atom stereocenters. The molecule has 1 aliphatic heterocycles. The molecule has 1 aromatic rings. The van der Waals surface area contributed by atoms with Crippen LogP contribution in [0.4, 0.5) is 10.1 Å². The fourth-order valence-corrected chi connectivity index (χ4v) is 2.93. The maximum Gasteiger partial charge on any atom is 0.126 e. The van der Waals surface area contributed by atoms with Gasteiger partial charge in [-0.3, -0.25) is 0 Å². The number of anilines is 1. The molecule has 0 amide bonds. The van der Waals surface area contributed by atoms with Crippen molar-refractivity contribution >= 4 is 29.2 Å². The normalized spacial score (nSPS) is 20.3. The van der Waals surface area contributed by atoms with Crippen LogP contribution in [0.15, 0.2) is 17.0 Å². The maximum atomic E-state index is 13.3. The van der Waals surface area contributed by atoms with Gasteiger partial charge in [-0.15, -0.1) is 0 Å². The molecule has 0 bridgehead atoms. The van der Waals surface area contributed by atoms with Crippen LogP contribution in [0.3, 0.4) is 0 Å². The lowest BCUT2D eigenvalue weighted by Gasteiger charge is -2.31. The number of hydrogen-bond donors (Lipinski definition) is 1. The molecule has 2 aliphatic rings. The van der Waals surface area contributed by atoms with E-state index in [4.69, 9.17) is 11.6 Å². The van der Waals surface area contributed by atoms with E-state index in [2.05, 4.69) is 9.62 Å². The largest absolute Gasteiger partial charge is 0.354 e. The van der Waals surface area contributed by atoms with E-state index in [1.54, 1.807) is 6.07 Å². The Bertz CT molecular complexity index is 409. The molecule has 1 fully saturated rings. The molecule has 0 unspecified atom stereocenters. The molecule has 5 heteroatoms. The highest BCUT2D eigenvalue weighted by atomic mass is 35.5. The molecule has 0 aromatic heterocycles. The van der Waals surface area contributed by atoms with Gasteiger partial charge in [0.1, 0.15) is 5.82 Å². The molecule has 1 N–H and O–H groups in total. The Balaban J connectivity index is 2.08. The number of rotatable bonds is 1. The van der Waals surface area contributed by atoms with Crippen molar-refractivity contribution in [2.75, 3.05) is 11.6 Å². The first-order valence-corrected chi connectivity index (χ1v) is 6.10. The Morgan fingerprint density at radius 3 is 3.00 bits per heavy atom. The highest BCUT2D eigenvalue weighted by Crippen LogP contribution is 2.42. The van der Waals surface area contributed by atoms with Crippen molar-refractivity contribution in [3.05, 3.63) is 23.0 Å². The fourth-order valence-electron chi connectivity index (χ4n) is 1.83. The second-order valence-corrected chi connectivity index (χ2v) is 5.15. The Morgan fingerprint density at radius 1 is 1.47 bits per heavy atom. The summed E-state index contributed by atoms with van der Waals surface area (Å²) >= 11 is 7.49. The number of nitrogens with one attached hydrogen (secondary N) is 1. The predicted molar refractivity (Wildman–Crippen MR) is 60.8 cm³/mol. The van der Waals surface area contributed by atoms with E-state index < -0.39 is 0 Å². The fraction of sp³-hybridized carbons (Fsp3) is 0.400. The summed E-state index contributed by atoms with van der Waals surface area (Å²) < 4.78 is 16.5. The van der Waals surface area contributed by atoms with Gasteiger partial charge < -0.3 is 4.90 Å². The molecule has 80 valence electrons. The van der Waals surface area contributed by atoms with Gasteiger partial charge in [-0.25, -0.2) is 9.11 Å². The Hall–Kier alpha value is -0.450. The van der Waals surface area contributed by atoms with Crippen molar-refractivity contribution in [3.8, 4) is 0 Å². The highest BCUT2D eigenvalue weighted by molar-refractivity contribution is 7.97. The summed E-state index contributed by atoms with van der Waals surface area (Å²) in [5.74, 6) is -0.257. The monoisotopic (exact) mass is 244 g/mol. The first-order chi connectivity index (χ1) is 7.25. The number of halogens is 2. The van der Waals surface area contributed by atoms with Gasteiger partial charge in [0.25, 0.3) is 0 Å². The summed E-state index contributed by atoms with van der Waals surface area (Å²) in [4.78, 5) is 3.14. The van der Waals surface area contributed by atoms with Gasteiger partial charge in [0.15, 0.2) is 0 Å². The van der Waals surface area contributed by atoms with E-state index in [1.807, 2.05) is 0 Å². The van der Waals surface area contributed by atoms with Crippen molar-refractivity contribution in [2.24, 2.45) is 0 Å². The zero-order valence-electron chi connectivity index (χ0n) is 7.96.